The largest absolute Gasteiger partial charge is 0.321 e. The summed E-state index contributed by atoms with van der Waals surface area (Å²) in [6.07, 6.45) is 5.65. The van der Waals surface area contributed by atoms with Crippen LogP contribution in [0, 0.1) is 0 Å². The maximum atomic E-state index is 6.43. The summed E-state index contributed by atoms with van der Waals surface area (Å²) in [5, 5.41) is 0.797. The van der Waals surface area contributed by atoms with Crippen molar-refractivity contribution in [2.75, 3.05) is 5.88 Å². The molecule has 1 aliphatic carbocycles. The first kappa shape index (κ1) is 13.3. The van der Waals surface area contributed by atoms with Crippen LogP contribution in [-0.2, 0) is 12.0 Å². The van der Waals surface area contributed by atoms with Crippen LogP contribution in [0.3, 0.4) is 0 Å². The molecule has 0 N–H and O–H groups in total. The number of rotatable bonds is 4. The number of benzene rings is 1. The average Bonchev–Trinajstić information content (AvgIpc) is 2.70. The molecule has 0 saturated heterocycles. The molecule has 3 rings (SSSR count). The maximum Gasteiger partial charge on any atom is 0.111 e. The molecule has 1 aromatic carbocycles. The summed E-state index contributed by atoms with van der Waals surface area (Å²) in [6, 6.07) is 5.96. The van der Waals surface area contributed by atoms with Gasteiger partial charge in [0.2, 0.25) is 0 Å². The lowest BCUT2D eigenvalue weighted by atomic mass is 9.74. The number of halogens is 2. The van der Waals surface area contributed by atoms with Gasteiger partial charge in [-0.05, 0) is 37.8 Å². The molecule has 2 nitrogen and oxygen atoms in total. The lowest BCUT2D eigenvalue weighted by Gasteiger charge is -2.44. The molecule has 0 spiro atoms. The third-order valence-electron chi connectivity index (χ3n) is 4.43. The van der Waals surface area contributed by atoms with Gasteiger partial charge in [0.15, 0.2) is 0 Å². The van der Waals surface area contributed by atoms with Crippen molar-refractivity contribution >= 4 is 34.2 Å². The number of aromatic nitrogens is 2. The summed E-state index contributed by atoms with van der Waals surface area (Å²) in [5.74, 6) is 1.68. The molecule has 4 heteroatoms. The fourth-order valence-electron chi connectivity index (χ4n) is 3.22. The molecule has 0 amide bonds. The van der Waals surface area contributed by atoms with Crippen molar-refractivity contribution in [3.05, 3.63) is 29.0 Å². The van der Waals surface area contributed by atoms with Gasteiger partial charge >= 0.3 is 0 Å². The van der Waals surface area contributed by atoms with Crippen LogP contribution in [0.5, 0.6) is 0 Å². The molecule has 1 aliphatic rings. The van der Waals surface area contributed by atoms with Crippen molar-refractivity contribution in [2.45, 2.75) is 44.6 Å². The van der Waals surface area contributed by atoms with Crippen molar-refractivity contribution < 1.29 is 0 Å². The van der Waals surface area contributed by atoms with Gasteiger partial charge in [0.1, 0.15) is 5.82 Å². The number of hydrogen-bond donors (Lipinski definition) is 0. The molecule has 2 aromatic rings. The lowest BCUT2D eigenvalue weighted by Crippen LogP contribution is -2.41. The van der Waals surface area contributed by atoms with Crippen LogP contribution in [0.1, 0.15) is 38.4 Å². The zero-order chi connectivity index (χ0) is 13.5. The van der Waals surface area contributed by atoms with Crippen LogP contribution in [0.25, 0.3) is 11.0 Å². The average molecular weight is 297 g/mol. The van der Waals surface area contributed by atoms with Crippen molar-refractivity contribution in [3.63, 3.8) is 0 Å². The Morgan fingerprint density at radius 3 is 2.74 bits per heavy atom. The topological polar surface area (TPSA) is 17.8 Å². The summed E-state index contributed by atoms with van der Waals surface area (Å²) in [5.41, 5.74) is 2.29. The van der Waals surface area contributed by atoms with E-state index >= 15 is 0 Å². The van der Waals surface area contributed by atoms with Crippen LogP contribution in [0.2, 0.25) is 5.02 Å². The minimum atomic E-state index is 0.209. The Kier molecular flexibility index (Phi) is 3.48. The number of alkyl halides is 1. The monoisotopic (exact) mass is 296 g/mol. The van der Waals surface area contributed by atoms with Crippen LogP contribution >= 0.6 is 23.2 Å². The Morgan fingerprint density at radius 1 is 1.37 bits per heavy atom. The van der Waals surface area contributed by atoms with Gasteiger partial charge in [-0.1, -0.05) is 24.6 Å². The number of nitrogens with zero attached hydrogens (tertiary/aromatic N) is 2. The minimum absolute atomic E-state index is 0.209. The highest BCUT2D eigenvalue weighted by Crippen LogP contribution is 2.45. The highest BCUT2D eigenvalue weighted by Gasteiger charge is 2.39. The Bertz CT molecular complexity index is 594. The van der Waals surface area contributed by atoms with Crippen LogP contribution < -0.4 is 0 Å². The zero-order valence-corrected chi connectivity index (χ0v) is 12.6. The summed E-state index contributed by atoms with van der Waals surface area (Å²) in [4.78, 5) is 4.75. The van der Waals surface area contributed by atoms with E-state index < -0.39 is 0 Å². The number of hydrogen-bond acceptors (Lipinski definition) is 1. The molecular formula is C15H18Cl2N2. The standard InChI is InChI=1S/C15H18Cl2N2/c1-2-15(8-4-9-15)19-13(7-10-16)18-12-6-3-5-11(17)14(12)19/h3,5-6H,2,4,7-10H2,1H3. The lowest BCUT2D eigenvalue weighted by molar-refractivity contribution is 0.138. The van der Waals surface area contributed by atoms with Crippen molar-refractivity contribution in [1.82, 2.24) is 9.55 Å². The summed E-state index contributed by atoms with van der Waals surface area (Å²) in [7, 11) is 0. The third-order valence-corrected chi connectivity index (χ3v) is 4.93. The Morgan fingerprint density at radius 2 is 2.16 bits per heavy atom. The van der Waals surface area contributed by atoms with Gasteiger partial charge in [-0.15, -0.1) is 11.6 Å². The number of aryl methyl sites for hydroxylation is 1. The molecule has 1 saturated carbocycles. The van der Waals surface area contributed by atoms with Gasteiger partial charge in [-0.2, -0.15) is 0 Å². The number of imidazole rings is 1. The van der Waals surface area contributed by atoms with E-state index in [1.807, 2.05) is 18.2 Å². The van der Waals surface area contributed by atoms with Gasteiger partial charge in [0, 0.05) is 17.8 Å². The van der Waals surface area contributed by atoms with Crippen molar-refractivity contribution in [3.8, 4) is 0 Å². The molecular weight excluding hydrogens is 279 g/mol. The molecule has 0 radical (unpaired) electrons. The minimum Gasteiger partial charge on any atom is -0.321 e. The Labute approximate surface area is 123 Å². The van der Waals surface area contributed by atoms with Crippen LogP contribution in [0.4, 0.5) is 0 Å². The van der Waals surface area contributed by atoms with E-state index in [4.69, 9.17) is 28.2 Å². The molecule has 0 aliphatic heterocycles. The van der Waals surface area contributed by atoms with Gasteiger partial charge in [0.05, 0.1) is 16.1 Å². The smallest absolute Gasteiger partial charge is 0.111 e. The summed E-state index contributed by atoms with van der Waals surface area (Å²) in [6.45, 7) is 2.26. The second-order valence-electron chi connectivity index (χ2n) is 5.34. The van der Waals surface area contributed by atoms with Crippen molar-refractivity contribution in [1.29, 1.82) is 0 Å². The molecule has 0 atom stereocenters. The van der Waals surface area contributed by atoms with Gasteiger partial charge in [-0.3, -0.25) is 0 Å². The Hall–Kier alpha value is -0.730. The molecule has 19 heavy (non-hydrogen) atoms. The normalized spacial score (nSPS) is 17.6. The van der Waals surface area contributed by atoms with E-state index in [0.717, 1.165) is 34.7 Å². The van der Waals surface area contributed by atoms with Gasteiger partial charge in [-0.25, -0.2) is 4.98 Å². The second kappa shape index (κ2) is 4.99. The predicted octanol–water partition coefficient (Wildman–Crippen LogP) is 4.76. The van der Waals surface area contributed by atoms with E-state index in [-0.39, 0.29) is 5.54 Å². The molecule has 1 fully saturated rings. The fourth-order valence-corrected chi connectivity index (χ4v) is 3.64. The van der Waals surface area contributed by atoms with E-state index in [1.54, 1.807) is 0 Å². The van der Waals surface area contributed by atoms with Gasteiger partial charge < -0.3 is 4.57 Å². The molecule has 1 aromatic heterocycles. The molecule has 1 heterocycles. The molecule has 102 valence electrons. The maximum absolute atomic E-state index is 6.43. The summed E-state index contributed by atoms with van der Waals surface area (Å²) < 4.78 is 2.39. The highest BCUT2D eigenvalue weighted by molar-refractivity contribution is 6.35. The van der Waals surface area contributed by atoms with E-state index in [0.29, 0.717) is 5.88 Å². The first-order valence-corrected chi connectivity index (χ1v) is 7.85. The van der Waals surface area contributed by atoms with E-state index in [2.05, 4.69) is 11.5 Å². The number of fused-ring (bicyclic) bond motifs is 1. The first-order valence-electron chi connectivity index (χ1n) is 6.94. The number of para-hydroxylation sites is 1. The fraction of sp³-hybridized carbons (Fsp3) is 0.533. The molecule has 0 bridgehead atoms. The Balaban J connectivity index is 2.27. The first-order chi connectivity index (χ1) is 9.22. The van der Waals surface area contributed by atoms with E-state index in [1.165, 1.54) is 19.3 Å². The van der Waals surface area contributed by atoms with Crippen LogP contribution in [0.15, 0.2) is 18.2 Å². The quantitative estimate of drug-likeness (QED) is 0.744. The van der Waals surface area contributed by atoms with Crippen LogP contribution in [-0.4, -0.2) is 15.4 Å². The van der Waals surface area contributed by atoms with Crippen molar-refractivity contribution in [2.24, 2.45) is 0 Å². The predicted molar refractivity (Wildman–Crippen MR) is 81.3 cm³/mol. The van der Waals surface area contributed by atoms with Gasteiger partial charge in [0.25, 0.3) is 0 Å². The SMILES string of the molecule is CCC1(n2c(CCCl)nc3cccc(Cl)c32)CCC1. The zero-order valence-electron chi connectivity index (χ0n) is 11.1. The second-order valence-corrected chi connectivity index (χ2v) is 6.13. The van der Waals surface area contributed by atoms with E-state index in [9.17, 15) is 0 Å². The summed E-state index contributed by atoms with van der Waals surface area (Å²) >= 11 is 12.4. The highest BCUT2D eigenvalue weighted by atomic mass is 35.5. The molecule has 0 unspecified atom stereocenters. The third kappa shape index (κ3) is 1.96.